The van der Waals surface area contributed by atoms with Gasteiger partial charge < -0.3 is 29.2 Å². The van der Waals surface area contributed by atoms with Crippen LogP contribution in [0.1, 0.15) is 48.1 Å². The second kappa shape index (κ2) is 11.2. The van der Waals surface area contributed by atoms with Gasteiger partial charge in [0.05, 0.1) is 20.6 Å². The predicted octanol–water partition coefficient (Wildman–Crippen LogP) is 2.44. The molecule has 5 heteroatoms. The summed E-state index contributed by atoms with van der Waals surface area (Å²) >= 11 is 0. The van der Waals surface area contributed by atoms with Gasteiger partial charge in [-0.2, -0.15) is 6.07 Å². The first-order valence-electron chi connectivity index (χ1n) is 11.4. The Hall–Kier alpha value is -1.25. The third-order valence-corrected chi connectivity index (χ3v) is 11.3. The zero-order valence-electron chi connectivity index (χ0n) is 20.5. The van der Waals surface area contributed by atoms with E-state index in [1.165, 1.54) is 57.0 Å². The Morgan fingerprint density at radius 3 is 2.26 bits per heavy atom. The first-order chi connectivity index (χ1) is 14.9. The van der Waals surface area contributed by atoms with Crippen molar-refractivity contribution in [1.29, 1.82) is 0 Å². The van der Waals surface area contributed by atoms with Crippen molar-refractivity contribution in [2.24, 2.45) is 0 Å². The number of hydrogen-bond acceptors (Lipinski definition) is 1. The van der Waals surface area contributed by atoms with Crippen LogP contribution in [0.25, 0.3) is 27.1 Å². The second-order valence-electron chi connectivity index (χ2n) is 9.74. The van der Waals surface area contributed by atoms with Gasteiger partial charge in [-0.15, -0.1) is 34.5 Å². The van der Waals surface area contributed by atoms with E-state index in [0.717, 1.165) is 5.54 Å². The maximum atomic E-state index is 5.22. The van der Waals surface area contributed by atoms with E-state index in [-0.39, 0.29) is 51.0 Å². The summed E-state index contributed by atoms with van der Waals surface area (Å²) in [4.78, 5) is 0. The third kappa shape index (κ3) is 4.74. The van der Waals surface area contributed by atoms with Crippen LogP contribution in [0.3, 0.4) is 0 Å². The fourth-order valence-electron chi connectivity index (χ4n) is 5.95. The molecule has 34 heavy (non-hydrogen) atoms. The number of hydrogen-bond donors (Lipinski definition) is 0. The summed E-state index contributed by atoms with van der Waals surface area (Å²) in [6.07, 6.45) is 6.24. The minimum Gasteiger partial charge on any atom is -1.00 e. The molecule has 3 aliphatic rings. The Labute approximate surface area is 236 Å². The van der Waals surface area contributed by atoms with E-state index in [0.29, 0.717) is 0 Å². The van der Waals surface area contributed by atoms with Gasteiger partial charge in [0.25, 0.3) is 0 Å². The van der Waals surface area contributed by atoms with Crippen molar-refractivity contribution in [2.75, 3.05) is 0 Å². The van der Waals surface area contributed by atoms with E-state index in [1.54, 1.807) is 10.8 Å². The number of fused-ring (bicyclic) bond motifs is 1. The molecule has 0 amide bonds. The Balaban J connectivity index is 0.000000238. The quantitative estimate of drug-likeness (QED) is 0.266. The molecule has 1 unspecified atom stereocenters. The fraction of sp³-hybridized carbons (Fsp3) is 0.276. The fourth-order valence-corrected chi connectivity index (χ4v) is 10.3. The number of halogens is 2. The van der Waals surface area contributed by atoms with Crippen LogP contribution in [0.4, 0.5) is 0 Å². The molecule has 3 aromatic carbocycles. The van der Waals surface area contributed by atoms with Gasteiger partial charge in [-0.1, -0.05) is 74.8 Å². The minimum absolute atomic E-state index is 0. The Morgan fingerprint density at radius 1 is 0.941 bits per heavy atom. The maximum Gasteiger partial charge on any atom is 3.00 e. The summed E-state index contributed by atoms with van der Waals surface area (Å²) in [6, 6.07) is 20.1. The molecule has 3 heterocycles. The van der Waals surface area contributed by atoms with Crippen LogP contribution in [0.15, 0.2) is 77.1 Å². The predicted molar refractivity (Wildman–Crippen MR) is 135 cm³/mol. The Kier molecular flexibility index (Phi) is 9.56. The van der Waals surface area contributed by atoms with Gasteiger partial charge in [-0.3, -0.25) is 0 Å². The number of benzene rings is 2. The van der Waals surface area contributed by atoms with Gasteiger partial charge >= 0.3 is 26.2 Å². The van der Waals surface area contributed by atoms with E-state index >= 15 is 0 Å². The van der Waals surface area contributed by atoms with Crippen LogP contribution in [0, 0.1) is 6.92 Å². The zero-order chi connectivity index (χ0) is 21.8. The van der Waals surface area contributed by atoms with E-state index < -0.39 is 8.07 Å². The Morgan fingerprint density at radius 2 is 1.65 bits per heavy atom. The van der Waals surface area contributed by atoms with Gasteiger partial charge in [-0.05, 0) is 29.7 Å². The van der Waals surface area contributed by atoms with Crippen molar-refractivity contribution in [3.8, 4) is 11.1 Å². The van der Waals surface area contributed by atoms with E-state index in [1.807, 2.05) is 12.5 Å². The topological polar surface area (TPSA) is 13.1 Å². The smallest absolute Gasteiger partial charge is 1.00 e. The summed E-state index contributed by atoms with van der Waals surface area (Å²) in [6.45, 7) is 11.6. The molecule has 1 aliphatic carbocycles. The molecule has 2 bridgehead atoms. The zero-order valence-corrected chi connectivity index (χ0v) is 25.5. The molecular weight excluding hydrogens is 555 g/mol. The van der Waals surface area contributed by atoms with Gasteiger partial charge in [0.15, 0.2) is 0 Å². The van der Waals surface area contributed by atoms with Crippen LogP contribution >= 0.6 is 0 Å². The van der Waals surface area contributed by atoms with Crippen LogP contribution in [-0.2, 0) is 32.6 Å². The summed E-state index contributed by atoms with van der Waals surface area (Å²) in [5, 5.41) is 4.37. The molecule has 175 valence electrons. The van der Waals surface area contributed by atoms with Gasteiger partial charge in [-0.25, -0.2) is 0 Å². The average Bonchev–Trinajstić information content (AvgIpc) is 3.45. The summed E-state index contributed by atoms with van der Waals surface area (Å²) in [5.41, 5.74) is 10.7. The minimum atomic E-state index is -1.04. The van der Waals surface area contributed by atoms with E-state index in [4.69, 9.17) is 4.42 Å². The molecule has 1 aromatic heterocycles. The number of aryl methyl sites for hydroxylation is 2. The van der Waals surface area contributed by atoms with Crippen molar-refractivity contribution >= 4 is 24.0 Å². The molecule has 7 rings (SSSR count). The molecule has 0 spiro atoms. The largest absolute Gasteiger partial charge is 3.00 e. The molecule has 0 saturated carbocycles. The van der Waals surface area contributed by atoms with E-state index in [2.05, 4.69) is 88.5 Å². The summed E-state index contributed by atoms with van der Waals surface area (Å²) < 4.78 is 5.22. The van der Waals surface area contributed by atoms with Crippen LogP contribution in [-0.4, -0.2) is 8.07 Å². The van der Waals surface area contributed by atoms with Gasteiger partial charge in [0.1, 0.15) is 0 Å². The number of rotatable bonds is 3. The molecule has 0 N–H and O–H groups in total. The average molecular weight is 586 g/mol. The van der Waals surface area contributed by atoms with Gasteiger partial charge in [0, 0.05) is 16.7 Å². The molecule has 2 aliphatic heterocycles. The number of furan rings is 1. The molecular formula is C29H31Cl2OSiZr. The van der Waals surface area contributed by atoms with Crippen molar-refractivity contribution in [3.05, 3.63) is 95.0 Å². The van der Waals surface area contributed by atoms with Crippen molar-refractivity contribution in [3.63, 3.8) is 0 Å². The summed E-state index contributed by atoms with van der Waals surface area (Å²) in [7, 11) is -1.04. The first-order valence-corrected chi connectivity index (χ1v) is 14.5. The summed E-state index contributed by atoms with van der Waals surface area (Å²) in [5.74, 6) is 0. The van der Waals surface area contributed by atoms with Crippen LogP contribution in [0.2, 0.25) is 13.1 Å². The molecule has 1 radical (unpaired) electrons. The normalized spacial score (nSPS) is 16.3. The monoisotopic (exact) mass is 583 g/mol. The molecule has 0 fully saturated rings. The van der Waals surface area contributed by atoms with Gasteiger partial charge in [0.2, 0.25) is 0 Å². The van der Waals surface area contributed by atoms with Crippen molar-refractivity contribution < 1.29 is 55.4 Å². The third-order valence-electron chi connectivity index (χ3n) is 7.16. The Bertz CT molecular complexity index is 1300. The standard InChI is InChI=1S/C19H19.C10H12OSi.2ClH.Zr/c1-3-5-15-8-10-16(11-9-15)18-7-4-6-17-12-14(2)13-19(17)18;1-6-9-7-4-11-5-8(7)10(6)12(9,2)3;;;/h4,6-13H,3,5H2,1-2H3;4-5,9H,1-3H3;2*1H;/q-1;;;;+3/p-2. The number of allylic oxidation sites excluding steroid dienone is 1. The second-order valence-corrected chi connectivity index (χ2v) is 14.3. The molecule has 0 saturated heterocycles. The molecule has 1 atom stereocenters. The van der Waals surface area contributed by atoms with Crippen LogP contribution < -0.4 is 24.8 Å². The van der Waals surface area contributed by atoms with Crippen molar-refractivity contribution in [2.45, 2.75) is 52.2 Å². The van der Waals surface area contributed by atoms with E-state index in [9.17, 15) is 0 Å². The first kappa shape index (κ1) is 29.0. The SMILES string of the molecule is CC1=C2c3cocc3C1[Si]2(C)C.CCCc1ccc(-c2cccc3[cH-]c(C)cc23)cc1.[Cl-].[Cl-].[Zr+3]. The van der Waals surface area contributed by atoms with Crippen molar-refractivity contribution in [1.82, 2.24) is 0 Å². The van der Waals surface area contributed by atoms with Crippen LogP contribution in [0.5, 0.6) is 0 Å². The molecule has 4 aromatic rings. The maximum absolute atomic E-state index is 5.22. The molecule has 1 nitrogen and oxygen atoms in total.